The molecule has 0 saturated heterocycles. The Morgan fingerprint density at radius 3 is 2.88 bits per heavy atom. The number of nitrogens with zero attached hydrogens (tertiary/aromatic N) is 1. The van der Waals surface area contributed by atoms with E-state index in [2.05, 4.69) is 17.4 Å². The Morgan fingerprint density at radius 1 is 1.19 bits per heavy atom. The third-order valence-electron chi connectivity index (χ3n) is 4.84. The lowest BCUT2D eigenvalue weighted by Gasteiger charge is -2.19. The van der Waals surface area contributed by atoms with E-state index in [1.54, 1.807) is 19.3 Å². The smallest absolute Gasteiger partial charge is 0.252 e. The standard InChI is InChI=1S/C21H20N2O3/c1-23-11-10-15(13-19(23)24)21(25)22-18-7-4-12-26-20-16-6-3-2-5-14(16)8-9-17(18)20/h2-3,5-6,8-11,13,18H,4,7,12H2,1H3,(H,22,25)/t18-/m1/s1. The minimum atomic E-state index is -0.242. The van der Waals surface area contributed by atoms with Gasteiger partial charge in [0.2, 0.25) is 0 Å². The number of benzene rings is 2. The molecule has 2 aromatic carbocycles. The van der Waals surface area contributed by atoms with Crippen molar-refractivity contribution in [1.82, 2.24) is 9.88 Å². The highest BCUT2D eigenvalue weighted by Crippen LogP contribution is 2.37. The second-order valence-corrected chi connectivity index (χ2v) is 6.59. The SMILES string of the molecule is Cn1ccc(C(=O)N[C@@H]2CCCOc3c2ccc2ccccc32)cc1=O. The lowest BCUT2D eigenvalue weighted by atomic mass is 9.97. The van der Waals surface area contributed by atoms with Gasteiger partial charge in [-0.2, -0.15) is 0 Å². The summed E-state index contributed by atoms with van der Waals surface area (Å²) < 4.78 is 7.45. The van der Waals surface area contributed by atoms with Gasteiger partial charge in [-0.1, -0.05) is 36.4 Å². The van der Waals surface area contributed by atoms with Gasteiger partial charge in [-0.05, 0) is 24.3 Å². The first-order chi connectivity index (χ1) is 12.6. The van der Waals surface area contributed by atoms with Crippen LogP contribution in [0.25, 0.3) is 10.8 Å². The van der Waals surface area contributed by atoms with Crippen molar-refractivity contribution in [3.8, 4) is 5.75 Å². The summed E-state index contributed by atoms with van der Waals surface area (Å²) in [7, 11) is 1.66. The van der Waals surface area contributed by atoms with E-state index in [0.717, 1.165) is 34.9 Å². The Bertz CT molecular complexity index is 1040. The molecule has 1 aliphatic rings. The number of ether oxygens (including phenoxy) is 1. The van der Waals surface area contributed by atoms with E-state index in [1.165, 1.54) is 10.6 Å². The number of amides is 1. The fourth-order valence-corrected chi connectivity index (χ4v) is 3.39. The van der Waals surface area contributed by atoms with Gasteiger partial charge < -0.3 is 14.6 Å². The number of aromatic nitrogens is 1. The van der Waals surface area contributed by atoms with Crippen molar-refractivity contribution in [3.63, 3.8) is 0 Å². The third kappa shape index (κ3) is 2.96. The first-order valence-corrected chi connectivity index (χ1v) is 8.75. The summed E-state index contributed by atoms with van der Waals surface area (Å²) in [4.78, 5) is 24.5. The van der Waals surface area contributed by atoms with E-state index in [4.69, 9.17) is 4.74 Å². The molecule has 0 spiro atoms. The van der Waals surface area contributed by atoms with Crippen LogP contribution in [0.1, 0.15) is 34.8 Å². The maximum atomic E-state index is 12.7. The Kier molecular flexibility index (Phi) is 4.21. The largest absolute Gasteiger partial charge is 0.493 e. The van der Waals surface area contributed by atoms with Gasteiger partial charge in [-0.3, -0.25) is 9.59 Å². The number of aryl methyl sites for hydroxylation is 1. The summed E-state index contributed by atoms with van der Waals surface area (Å²) in [5, 5.41) is 5.25. The number of pyridine rings is 1. The fraction of sp³-hybridized carbons (Fsp3) is 0.238. The number of hydrogen-bond donors (Lipinski definition) is 1. The van der Waals surface area contributed by atoms with Crippen LogP contribution >= 0.6 is 0 Å². The topological polar surface area (TPSA) is 60.3 Å². The lowest BCUT2D eigenvalue weighted by Crippen LogP contribution is -2.30. The minimum Gasteiger partial charge on any atom is -0.493 e. The molecule has 0 fully saturated rings. The molecule has 132 valence electrons. The van der Waals surface area contributed by atoms with E-state index in [9.17, 15) is 9.59 Å². The molecular weight excluding hydrogens is 328 g/mol. The molecule has 5 heteroatoms. The lowest BCUT2D eigenvalue weighted by molar-refractivity contribution is 0.0934. The molecule has 1 amide bonds. The van der Waals surface area contributed by atoms with E-state index in [-0.39, 0.29) is 17.5 Å². The van der Waals surface area contributed by atoms with Crippen LogP contribution in [-0.2, 0) is 7.05 Å². The second kappa shape index (κ2) is 6.67. The van der Waals surface area contributed by atoms with Crippen LogP contribution in [0.2, 0.25) is 0 Å². The third-order valence-corrected chi connectivity index (χ3v) is 4.84. The molecule has 2 heterocycles. The molecular formula is C21H20N2O3. The normalized spacial score (nSPS) is 16.4. The van der Waals surface area contributed by atoms with Crippen LogP contribution in [0.5, 0.6) is 5.75 Å². The van der Waals surface area contributed by atoms with Gasteiger partial charge in [-0.25, -0.2) is 0 Å². The summed E-state index contributed by atoms with van der Waals surface area (Å²) in [5.41, 5.74) is 1.16. The number of fused-ring (bicyclic) bond motifs is 3. The van der Waals surface area contributed by atoms with Crippen molar-refractivity contribution in [2.75, 3.05) is 6.61 Å². The van der Waals surface area contributed by atoms with Gasteiger partial charge in [-0.15, -0.1) is 0 Å². The molecule has 0 bridgehead atoms. The van der Waals surface area contributed by atoms with Gasteiger partial charge in [0.1, 0.15) is 5.75 Å². The maximum absolute atomic E-state index is 12.7. The number of carbonyl (C=O) groups is 1. The highest BCUT2D eigenvalue weighted by Gasteiger charge is 2.23. The number of hydrogen-bond acceptors (Lipinski definition) is 3. The van der Waals surface area contributed by atoms with Crippen LogP contribution in [0.3, 0.4) is 0 Å². The number of carbonyl (C=O) groups excluding carboxylic acids is 1. The van der Waals surface area contributed by atoms with Gasteiger partial charge in [0.15, 0.2) is 0 Å². The van der Waals surface area contributed by atoms with Gasteiger partial charge >= 0.3 is 0 Å². The molecule has 26 heavy (non-hydrogen) atoms. The predicted molar refractivity (Wildman–Crippen MR) is 101 cm³/mol. The average Bonchev–Trinajstić information content (AvgIpc) is 2.86. The van der Waals surface area contributed by atoms with Crippen LogP contribution in [0, 0.1) is 0 Å². The van der Waals surface area contributed by atoms with Crippen LogP contribution in [-0.4, -0.2) is 17.1 Å². The molecule has 3 aromatic rings. The van der Waals surface area contributed by atoms with Gasteiger partial charge in [0, 0.05) is 35.8 Å². The Balaban J connectivity index is 1.69. The summed E-state index contributed by atoms with van der Waals surface area (Å²) >= 11 is 0. The second-order valence-electron chi connectivity index (χ2n) is 6.59. The zero-order valence-corrected chi connectivity index (χ0v) is 14.6. The number of rotatable bonds is 2. The first-order valence-electron chi connectivity index (χ1n) is 8.75. The van der Waals surface area contributed by atoms with Crippen molar-refractivity contribution in [1.29, 1.82) is 0 Å². The number of nitrogens with one attached hydrogen (secondary N) is 1. The van der Waals surface area contributed by atoms with E-state index < -0.39 is 0 Å². The monoisotopic (exact) mass is 348 g/mol. The van der Waals surface area contributed by atoms with Crippen LogP contribution in [0.4, 0.5) is 0 Å². The molecule has 0 aliphatic carbocycles. The van der Waals surface area contributed by atoms with Crippen LogP contribution < -0.4 is 15.6 Å². The Hall–Kier alpha value is -3.08. The van der Waals surface area contributed by atoms with Gasteiger partial charge in [0.05, 0.1) is 12.6 Å². The zero-order valence-electron chi connectivity index (χ0n) is 14.6. The van der Waals surface area contributed by atoms with Gasteiger partial charge in [0.25, 0.3) is 11.5 Å². The van der Waals surface area contributed by atoms with Crippen LogP contribution in [0.15, 0.2) is 59.5 Å². The van der Waals surface area contributed by atoms with Crippen molar-refractivity contribution >= 4 is 16.7 Å². The molecule has 1 atom stereocenters. The molecule has 0 saturated carbocycles. The van der Waals surface area contributed by atoms with E-state index in [0.29, 0.717) is 12.2 Å². The fourth-order valence-electron chi connectivity index (χ4n) is 3.39. The quantitative estimate of drug-likeness (QED) is 0.774. The minimum absolute atomic E-state index is 0.145. The molecule has 4 rings (SSSR count). The zero-order chi connectivity index (χ0) is 18.1. The van der Waals surface area contributed by atoms with Crippen molar-refractivity contribution in [2.24, 2.45) is 7.05 Å². The highest BCUT2D eigenvalue weighted by molar-refractivity contribution is 5.95. The highest BCUT2D eigenvalue weighted by atomic mass is 16.5. The summed E-state index contributed by atoms with van der Waals surface area (Å²) in [6, 6.07) is 15.0. The maximum Gasteiger partial charge on any atom is 0.252 e. The molecule has 0 unspecified atom stereocenters. The summed E-state index contributed by atoms with van der Waals surface area (Å²) in [6.45, 7) is 0.624. The first kappa shape index (κ1) is 16.4. The van der Waals surface area contributed by atoms with E-state index in [1.807, 2.05) is 24.3 Å². The van der Waals surface area contributed by atoms with E-state index >= 15 is 0 Å². The van der Waals surface area contributed by atoms with Crippen molar-refractivity contribution in [3.05, 3.63) is 76.2 Å². The Labute approximate surface area is 151 Å². The average molecular weight is 348 g/mol. The summed E-state index contributed by atoms with van der Waals surface area (Å²) in [5.74, 6) is 0.601. The van der Waals surface area contributed by atoms with Crippen molar-refractivity contribution in [2.45, 2.75) is 18.9 Å². The molecule has 1 N–H and O–H groups in total. The molecule has 1 aromatic heterocycles. The predicted octanol–water partition coefficient (Wildman–Crippen LogP) is 3.18. The molecule has 5 nitrogen and oxygen atoms in total. The van der Waals surface area contributed by atoms with Crippen molar-refractivity contribution < 1.29 is 9.53 Å². The summed E-state index contributed by atoms with van der Waals surface area (Å²) in [6.07, 6.45) is 3.25. The molecule has 0 radical (unpaired) electrons. The molecule has 1 aliphatic heterocycles. The Morgan fingerprint density at radius 2 is 2.04 bits per heavy atom.